The summed E-state index contributed by atoms with van der Waals surface area (Å²) < 4.78 is 5.30. The highest BCUT2D eigenvalue weighted by Gasteiger charge is 2.23. The van der Waals surface area contributed by atoms with Crippen LogP contribution in [-0.4, -0.2) is 36.7 Å². The predicted octanol–water partition coefficient (Wildman–Crippen LogP) is 1.69. The van der Waals surface area contributed by atoms with Gasteiger partial charge in [-0.1, -0.05) is 6.92 Å². The van der Waals surface area contributed by atoms with E-state index in [0.717, 1.165) is 6.42 Å². The lowest BCUT2D eigenvalue weighted by atomic mass is 10.0. The first-order valence-corrected chi connectivity index (χ1v) is 6.24. The van der Waals surface area contributed by atoms with Gasteiger partial charge in [0.2, 0.25) is 5.91 Å². The number of amides is 1. The summed E-state index contributed by atoms with van der Waals surface area (Å²) >= 11 is 0. The first-order valence-electron chi connectivity index (χ1n) is 6.24. The van der Waals surface area contributed by atoms with Crippen molar-refractivity contribution in [3.05, 3.63) is 0 Å². The molecule has 0 aromatic heterocycles. The van der Waals surface area contributed by atoms with Crippen LogP contribution in [0.4, 0.5) is 0 Å². The summed E-state index contributed by atoms with van der Waals surface area (Å²) in [7, 11) is 1.67. The van der Waals surface area contributed by atoms with Gasteiger partial charge in [0, 0.05) is 19.2 Å². The van der Waals surface area contributed by atoms with Gasteiger partial charge in [-0.3, -0.25) is 4.79 Å². The highest BCUT2D eigenvalue weighted by molar-refractivity contribution is 5.81. The molecule has 0 heterocycles. The van der Waals surface area contributed by atoms with Gasteiger partial charge in [0.15, 0.2) is 0 Å². The van der Waals surface area contributed by atoms with E-state index in [0.29, 0.717) is 6.54 Å². The molecule has 0 saturated heterocycles. The molecule has 0 radical (unpaired) electrons. The van der Waals surface area contributed by atoms with Gasteiger partial charge in [-0.2, -0.15) is 0 Å². The zero-order valence-corrected chi connectivity index (χ0v) is 12.3. The summed E-state index contributed by atoms with van der Waals surface area (Å²) in [5, 5.41) is 6.20. The van der Waals surface area contributed by atoms with Crippen LogP contribution in [0.5, 0.6) is 0 Å². The summed E-state index contributed by atoms with van der Waals surface area (Å²) in [6.07, 6.45) is 0.912. The van der Waals surface area contributed by atoms with Gasteiger partial charge >= 0.3 is 0 Å². The van der Waals surface area contributed by atoms with Gasteiger partial charge in [0.05, 0.1) is 11.6 Å². The number of hydrogen-bond donors (Lipinski definition) is 2. The summed E-state index contributed by atoms with van der Waals surface area (Å²) in [6, 6.07) is -0.213. The lowest BCUT2D eigenvalue weighted by Crippen LogP contribution is -2.52. The molecule has 0 bridgehead atoms. The second kappa shape index (κ2) is 6.36. The minimum absolute atomic E-state index is 0.0313. The molecule has 0 aromatic carbocycles. The van der Waals surface area contributed by atoms with Crippen molar-refractivity contribution in [1.82, 2.24) is 10.6 Å². The Morgan fingerprint density at radius 1 is 1.29 bits per heavy atom. The van der Waals surface area contributed by atoms with Crippen LogP contribution >= 0.6 is 0 Å². The lowest BCUT2D eigenvalue weighted by molar-refractivity contribution is -0.124. The topological polar surface area (TPSA) is 50.4 Å². The van der Waals surface area contributed by atoms with Gasteiger partial charge in [0.1, 0.15) is 0 Å². The van der Waals surface area contributed by atoms with Crippen LogP contribution in [0.1, 0.15) is 48.0 Å². The average Bonchev–Trinajstić information content (AvgIpc) is 2.25. The second-order valence-corrected chi connectivity index (χ2v) is 5.79. The van der Waals surface area contributed by atoms with Crippen molar-refractivity contribution in [1.29, 1.82) is 0 Å². The van der Waals surface area contributed by atoms with Crippen LogP contribution in [0, 0.1) is 0 Å². The van der Waals surface area contributed by atoms with E-state index in [4.69, 9.17) is 4.74 Å². The maximum Gasteiger partial charge on any atom is 0.237 e. The Hall–Kier alpha value is -0.610. The zero-order valence-electron chi connectivity index (χ0n) is 12.3. The molecule has 17 heavy (non-hydrogen) atoms. The molecule has 1 atom stereocenters. The van der Waals surface area contributed by atoms with Crippen LogP contribution in [0.3, 0.4) is 0 Å². The van der Waals surface area contributed by atoms with Crippen molar-refractivity contribution >= 4 is 5.91 Å². The van der Waals surface area contributed by atoms with Gasteiger partial charge in [-0.15, -0.1) is 0 Å². The number of carbonyl (C=O) groups excluding carboxylic acids is 1. The van der Waals surface area contributed by atoms with E-state index in [-0.39, 0.29) is 23.1 Å². The Morgan fingerprint density at radius 3 is 2.24 bits per heavy atom. The van der Waals surface area contributed by atoms with Crippen LogP contribution in [0.15, 0.2) is 0 Å². The smallest absolute Gasteiger partial charge is 0.237 e. The number of ether oxygens (including phenoxy) is 1. The molecule has 4 heteroatoms. The molecule has 0 aliphatic rings. The van der Waals surface area contributed by atoms with Crippen LogP contribution in [0.25, 0.3) is 0 Å². The molecule has 2 N–H and O–H groups in total. The number of hydrogen-bond acceptors (Lipinski definition) is 3. The van der Waals surface area contributed by atoms with Crippen LogP contribution < -0.4 is 10.6 Å². The molecule has 4 nitrogen and oxygen atoms in total. The second-order valence-electron chi connectivity index (χ2n) is 5.79. The van der Waals surface area contributed by atoms with E-state index in [2.05, 4.69) is 17.6 Å². The molecule has 102 valence electrons. The lowest BCUT2D eigenvalue weighted by Gasteiger charge is -2.29. The molecular formula is C13H28N2O2. The first-order chi connectivity index (χ1) is 7.63. The summed E-state index contributed by atoms with van der Waals surface area (Å²) in [4.78, 5) is 11.9. The predicted molar refractivity (Wildman–Crippen MR) is 71.1 cm³/mol. The zero-order chi connectivity index (χ0) is 13.7. The SMILES string of the molecule is CCC(C)(C)NC(=O)C(C)NCC(C)(C)OC. The first kappa shape index (κ1) is 16.4. The number of carbonyl (C=O) groups is 1. The minimum atomic E-state index is -0.255. The summed E-state index contributed by atoms with van der Waals surface area (Å²) in [6.45, 7) is 12.6. The Bertz CT molecular complexity index is 250. The standard InChI is InChI=1S/C13H28N2O2/c1-8-12(3,4)15-11(16)10(2)14-9-13(5,6)17-7/h10,14H,8-9H2,1-7H3,(H,15,16). The van der Waals surface area contributed by atoms with Crippen LogP contribution in [-0.2, 0) is 9.53 Å². The van der Waals surface area contributed by atoms with Crippen molar-refractivity contribution in [2.24, 2.45) is 0 Å². The largest absolute Gasteiger partial charge is 0.377 e. The van der Waals surface area contributed by atoms with E-state index >= 15 is 0 Å². The summed E-state index contributed by atoms with van der Waals surface area (Å²) in [5.41, 5.74) is -0.404. The normalized spacial score (nSPS) is 14.5. The molecular weight excluding hydrogens is 216 g/mol. The highest BCUT2D eigenvalue weighted by atomic mass is 16.5. The maximum atomic E-state index is 11.9. The molecule has 0 spiro atoms. The third kappa shape index (κ3) is 6.64. The molecule has 0 aliphatic heterocycles. The fourth-order valence-corrected chi connectivity index (χ4v) is 1.09. The molecule has 0 fully saturated rings. The third-order valence-electron chi connectivity index (χ3n) is 3.13. The van der Waals surface area contributed by atoms with Crippen LogP contribution in [0.2, 0.25) is 0 Å². The van der Waals surface area contributed by atoms with Crippen molar-refractivity contribution in [2.45, 2.75) is 65.1 Å². The molecule has 0 rings (SSSR count). The maximum absolute atomic E-state index is 11.9. The molecule has 0 saturated carbocycles. The van der Waals surface area contributed by atoms with Gasteiger partial charge in [-0.05, 0) is 41.0 Å². The molecule has 1 amide bonds. The van der Waals surface area contributed by atoms with E-state index in [1.807, 2.05) is 34.6 Å². The fourth-order valence-electron chi connectivity index (χ4n) is 1.09. The molecule has 0 aliphatic carbocycles. The van der Waals surface area contributed by atoms with E-state index in [1.54, 1.807) is 7.11 Å². The van der Waals surface area contributed by atoms with E-state index in [9.17, 15) is 4.79 Å². The monoisotopic (exact) mass is 244 g/mol. The van der Waals surface area contributed by atoms with Crippen molar-refractivity contribution in [2.75, 3.05) is 13.7 Å². The van der Waals surface area contributed by atoms with Gasteiger partial charge in [-0.25, -0.2) is 0 Å². The van der Waals surface area contributed by atoms with Crippen molar-refractivity contribution in [3.63, 3.8) is 0 Å². The molecule has 0 aromatic rings. The number of rotatable bonds is 7. The quantitative estimate of drug-likeness (QED) is 0.716. The summed E-state index contributed by atoms with van der Waals surface area (Å²) in [5.74, 6) is 0.0313. The van der Waals surface area contributed by atoms with E-state index < -0.39 is 0 Å². The highest BCUT2D eigenvalue weighted by Crippen LogP contribution is 2.08. The number of nitrogens with one attached hydrogen (secondary N) is 2. The fraction of sp³-hybridized carbons (Fsp3) is 0.923. The van der Waals surface area contributed by atoms with Crippen molar-refractivity contribution in [3.8, 4) is 0 Å². The Labute approximate surface area is 105 Å². The van der Waals surface area contributed by atoms with Gasteiger partial charge in [0.25, 0.3) is 0 Å². The average molecular weight is 244 g/mol. The minimum Gasteiger partial charge on any atom is -0.377 e. The number of methoxy groups -OCH3 is 1. The van der Waals surface area contributed by atoms with E-state index in [1.165, 1.54) is 0 Å². The van der Waals surface area contributed by atoms with Gasteiger partial charge < -0.3 is 15.4 Å². The third-order valence-corrected chi connectivity index (χ3v) is 3.13. The Morgan fingerprint density at radius 2 is 1.82 bits per heavy atom. The Kier molecular flexibility index (Phi) is 6.13. The van der Waals surface area contributed by atoms with Crippen molar-refractivity contribution < 1.29 is 9.53 Å². The molecule has 1 unspecified atom stereocenters. The Balaban J connectivity index is 4.16.